The molecule has 4 rings (SSSR count). The average Bonchev–Trinajstić information content (AvgIpc) is 3.33. The summed E-state index contributed by atoms with van der Waals surface area (Å²) in [4.78, 5) is 41.7. The van der Waals surface area contributed by atoms with Gasteiger partial charge in [0.05, 0.1) is 17.1 Å². The van der Waals surface area contributed by atoms with Crippen molar-refractivity contribution < 1.29 is 19.5 Å². The second-order valence-corrected chi connectivity index (χ2v) is 10.1. The number of aryl methyl sites for hydroxylation is 1. The monoisotopic (exact) mass is 554 g/mol. The molecular formula is C26H30N6O4S2. The SMILES string of the molecule is C[C@@H](O)[C@H](NC(=O)c1ccc2c(c1)[nH]c(=S)n2CCCCN1C(=O)C(Cc2ccccc2)NC1=S)C(N)=O. The summed E-state index contributed by atoms with van der Waals surface area (Å²) in [7, 11) is 0. The number of H-pyrrole nitrogens is 1. The van der Waals surface area contributed by atoms with E-state index >= 15 is 0 Å². The van der Waals surface area contributed by atoms with Crippen LogP contribution in [0.25, 0.3) is 11.0 Å². The maximum atomic E-state index is 12.9. The zero-order chi connectivity index (χ0) is 27.4. The van der Waals surface area contributed by atoms with Gasteiger partial charge < -0.3 is 31.0 Å². The predicted octanol–water partition coefficient (Wildman–Crippen LogP) is 1.77. The zero-order valence-corrected chi connectivity index (χ0v) is 22.5. The molecule has 0 saturated carbocycles. The summed E-state index contributed by atoms with van der Waals surface area (Å²) in [6, 6.07) is 13.3. The van der Waals surface area contributed by atoms with Crippen molar-refractivity contribution >= 4 is 58.3 Å². The van der Waals surface area contributed by atoms with Gasteiger partial charge in [-0.05, 0) is 68.0 Å². The molecule has 3 atom stereocenters. The minimum Gasteiger partial charge on any atom is -0.391 e. The molecule has 1 aliphatic rings. The number of primary amides is 1. The van der Waals surface area contributed by atoms with Crippen molar-refractivity contribution in [3.05, 3.63) is 64.4 Å². The molecule has 1 aromatic heterocycles. The minimum atomic E-state index is -1.19. The summed E-state index contributed by atoms with van der Waals surface area (Å²) in [5.41, 5.74) is 8.12. The molecule has 1 aliphatic heterocycles. The van der Waals surface area contributed by atoms with Crippen LogP contribution in [-0.2, 0) is 22.6 Å². The Labute approximate surface area is 230 Å². The van der Waals surface area contributed by atoms with Gasteiger partial charge in [-0.25, -0.2) is 0 Å². The largest absolute Gasteiger partial charge is 0.391 e. The number of nitrogens with one attached hydrogen (secondary N) is 3. The van der Waals surface area contributed by atoms with Crippen LogP contribution in [0.15, 0.2) is 48.5 Å². The molecule has 0 bridgehead atoms. The standard InChI is InChI=1S/C26H30N6O4S2/c1-15(33)21(22(27)34)30-23(35)17-9-10-20-18(14-17)28-25(37)31(20)11-5-6-12-32-24(36)19(29-26(32)38)13-16-7-3-2-4-8-16/h2-4,7-10,14-15,19,21,33H,5-6,11-13H2,1H3,(H2,27,34)(H,28,37)(H,29,38)(H,30,35)/t15-,19?,21+/m1/s1. The number of aliphatic hydroxyl groups excluding tert-OH is 1. The first-order chi connectivity index (χ1) is 18.2. The van der Waals surface area contributed by atoms with Crippen LogP contribution in [-0.4, -0.2) is 67.1 Å². The molecule has 2 heterocycles. The predicted molar refractivity (Wildman–Crippen MR) is 150 cm³/mol. The van der Waals surface area contributed by atoms with Gasteiger partial charge in [-0.15, -0.1) is 0 Å². The lowest BCUT2D eigenvalue weighted by atomic mass is 10.1. The smallest absolute Gasteiger partial charge is 0.252 e. The van der Waals surface area contributed by atoms with Crippen molar-refractivity contribution in [2.45, 2.75) is 50.9 Å². The quantitative estimate of drug-likeness (QED) is 0.179. The van der Waals surface area contributed by atoms with Crippen molar-refractivity contribution in [1.82, 2.24) is 25.1 Å². The van der Waals surface area contributed by atoms with E-state index in [1.54, 1.807) is 23.1 Å². The molecule has 1 fully saturated rings. The topological polar surface area (TPSA) is 145 Å². The fraction of sp³-hybridized carbons (Fsp3) is 0.346. The lowest BCUT2D eigenvalue weighted by molar-refractivity contribution is -0.127. The normalized spacial score (nSPS) is 16.9. The maximum absolute atomic E-state index is 12.9. The Balaban J connectivity index is 1.34. The second kappa shape index (κ2) is 11.8. The number of fused-ring (bicyclic) bond motifs is 1. The Hall–Kier alpha value is -3.61. The third-order valence-corrected chi connectivity index (χ3v) is 7.18. The van der Waals surface area contributed by atoms with Crippen molar-refractivity contribution in [1.29, 1.82) is 0 Å². The summed E-state index contributed by atoms with van der Waals surface area (Å²) < 4.78 is 2.45. The number of aliphatic hydroxyl groups is 1. The van der Waals surface area contributed by atoms with Gasteiger partial charge in [-0.1, -0.05) is 30.3 Å². The summed E-state index contributed by atoms with van der Waals surface area (Å²) >= 11 is 10.9. The number of carbonyl (C=O) groups is 3. The number of imidazole rings is 1. The van der Waals surface area contributed by atoms with Crippen LogP contribution in [0, 0.1) is 4.77 Å². The van der Waals surface area contributed by atoms with Crippen molar-refractivity contribution in [3.63, 3.8) is 0 Å². The van der Waals surface area contributed by atoms with Gasteiger partial charge in [0.1, 0.15) is 12.1 Å². The van der Waals surface area contributed by atoms with Crippen LogP contribution in [0.4, 0.5) is 0 Å². The van der Waals surface area contributed by atoms with Gasteiger partial charge in [0.15, 0.2) is 9.88 Å². The summed E-state index contributed by atoms with van der Waals surface area (Å²) in [5, 5.41) is 15.7. The molecule has 3 amide bonds. The van der Waals surface area contributed by atoms with Crippen LogP contribution >= 0.6 is 24.4 Å². The van der Waals surface area contributed by atoms with Crippen molar-refractivity contribution in [2.24, 2.45) is 5.73 Å². The molecule has 0 aliphatic carbocycles. The molecule has 12 heteroatoms. The van der Waals surface area contributed by atoms with Crippen LogP contribution in [0.2, 0.25) is 0 Å². The number of nitrogens with zero attached hydrogens (tertiary/aromatic N) is 2. The minimum absolute atomic E-state index is 0.0115. The summed E-state index contributed by atoms with van der Waals surface area (Å²) in [6.45, 7) is 2.51. The van der Waals surface area contributed by atoms with E-state index in [1.165, 1.54) is 6.92 Å². The number of aromatic nitrogens is 2. The van der Waals surface area contributed by atoms with Gasteiger partial charge >= 0.3 is 0 Å². The Bertz CT molecular complexity index is 1420. The van der Waals surface area contributed by atoms with Crippen LogP contribution in [0.5, 0.6) is 0 Å². The number of unbranched alkanes of at least 4 members (excludes halogenated alkanes) is 1. The maximum Gasteiger partial charge on any atom is 0.252 e. The van der Waals surface area contributed by atoms with Gasteiger partial charge in [0, 0.05) is 25.1 Å². The zero-order valence-electron chi connectivity index (χ0n) is 20.8. The highest BCUT2D eigenvalue weighted by molar-refractivity contribution is 7.80. The highest BCUT2D eigenvalue weighted by Crippen LogP contribution is 2.18. The molecule has 0 spiro atoms. The van der Waals surface area contributed by atoms with Gasteiger partial charge in [-0.2, -0.15) is 0 Å². The number of hydrogen-bond acceptors (Lipinski definition) is 6. The van der Waals surface area contributed by atoms with Crippen LogP contribution in [0.1, 0.15) is 35.7 Å². The fourth-order valence-electron chi connectivity index (χ4n) is 4.50. The molecule has 10 nitrogen and oxygen atoms in total. The van der Waals surface area contributed by atoms with Crippen LogP contribution < -0.4 is 16.4 Å². The van der Waals surface area contributed by atoms with Gasteiger partial charge in [0.25, 0.3) is 11.8 Å². The van der Waals surface area contributed by atoms with E-state index in [9.17, 15) is 19.5 Å². The van der Waals surface area contributed by atoms with E-state index in [4.69, 9.17) is 30.2 Å². The molecule has 0 radical (unpaired) electrons. The Kier molecular flexibility index (Phi) is 8.55. The lowest BCUT2D eigenvalue weighted by Gasteiger charge is -2.18. The molecule has 1 saturated heterocycles. The number of rotatable bonds is 11. The second-order valence-electron chi connectivity index (χ2n) is 9.30. The lowest BCUT2D eigenvalue weighted by Crippen LogP contribution is -2.50. The first-order valence-electron chi connectivity index (χ1n) is 12.3. The molecule has 38 heavy (non-hydrogen) atoms. The molecule has 200 valence electrons. The highest BCUT2D eigenvalue weighted by Gasteiger charge is 2.34. The highest BCUT2D eigenvalue weighted by atomic mass is 32.1. The van der Waals surface area contributed by atoms with E-state index in [1.807, 2.05) is 34.9 Å². The first kappa shape index (κ1) is 27.4. The Morgan fingerprint density at radius 1 is 1.13 bits per heavy atom. The number of amides is 3. The van der Waals surface area contributed by atoms with Gasteiger partial charge in [-0.3, -0.25) is 19.3 Å². The summed E-state index contributed by atoms with van der Waals surface area (Å²) in [6.07, 6.45) is 0.952. The van der Waals surface area contributed by atoms with E-state index in [0.717, 1.165) is 23.9 Å². The number of carbonyl (C=O) groups excluding carboxylic acids is 3. The van der Waals surface area contributed by atoms with E-state index in [0.29, 0.717) is 40.5 Å². The third-order valence-electron chi connectivity index (χ3n) is 6.51. The number of aromatic amines is 1. The van der Waals surface area contributed by atoms with Crippen molar-refractivity contribution in [3.8, 4) is 0 Å². The fourth-order valence-corrected chi connectivity index (χ4v) is 5.12. The summed E-state index contributed by atoms with van der Waals surface area (Å²) in [5.74, 6) is -1.37. The average molecular weight is 555 g/mol. The third kappa shape index (κ3) is 6.09. The van der Waals surface area contributed by atoms with Crippen molar-refractivity contribution in [2.75, 3.05) is 6.54 Å². The van der Waals surface area contributed by atoms with E-state index in [2.05, 4.69) is 15.6 Å². The number of nitrogens with two attached hydrogens (primary N) is 1. The number of benzene rings is 2. The Morgan fingerprint density at radius 2 is 1.84 bits per heavy atom. The Morgan fingerprint density at radius 3 is 2.53 bits per heavy atom. The molecule has 2 aromatic carbocycles. The molecule has 1 unspecified atom stereocenters. The first-order valence-corrected chi connectivity index (χ1v) is 13.1. The molecule has 3 aromatic rings. The van der Waals surface area contributed by atoms with Crippen LogP contribution in [0.3, 0.4) is 0 Å². The van der Waals surface area contributed by atoms with E-state index < -0.39 is 24.0 Å². The van der Waals surface area contributed by atoms with E-state index in [-0.39, 0.29) is 11.9 Å². The number of hydrogen-bond donors (Lipinski definition) is 5. The number of thiocarbonyl (C=S) groups is 1. The molecule has 6 N–H and O–H groups in total. The molecular weight excluding hydrogens is 524 g/mol. The van der Waals surface area contributed by atoms with Gasteiger partial charge in [0.2, 0.25) is 5.91 Å².